The molecule has 1 aromatic heterocycles. The summed E-state index contributed by atoms with van der Waals surface area (Å²) in [5.74, 6) is -0.144. The van der Waals surface area contributed by atoms with Crippen LogP contribution in [0, 0.1) is 5.41 Å². The largest absolute Gasteiger partial charge is 0.347 e. The van der Waals surface area contributed by atoms with Gasteiger partial charge in [0.1, 0.15) is 0 Å². The Kier molecular flexibility index (Phi) is 8.12. The van der Waals surface area contributed by atoms with Crippen molar-refractivity contribution in [3.8, 4) is 0 Å². The summed E-state index contributed by atoms with van der Waals surface area (Å²) >= 11 is 0. The van der Waals surface area contributed by atoms with Gasteiger partial charge in [0.25, 0.3) is 0 Å². The number of anilines is 1. The number of nitrogens with two attached hydrogens (primary N) is 1. The van der Waals surface area contributed by atoms with E-state index in [1.165, 1.54) is 5.52 Å². The minimum absolute atomic E-state index is 0. The van der Waals surface area contributed by atoms with Gasteiger partial charge in [0.15, 0.2) is 0 Å². The summed E-state index contributed by atoms with van der Waals surface area (Å²) in [7, 11) is 0. The smallest absolute Gasteiger partial charge is 0.241 e. The van der Waals surface area contributed by atoms with E-state index in [9.17, 15) is 4.79 Å². The van der Waals surface area contributed by atoms with Crippen molar-refractivity contribution in [3.63, 3.8) is 0 Å². The van der Waals surface area contributed by atoms with Crippen molar-refractivity contribution in [3.05, 3.63) is 30.5 Å². The summed E-state index contributed by atoms with van der Waals surface area (Å²) < 4.78 is 2.22. The van der Waals surface area contributed by atoms with E-state index in [0.717, 1.165) is 24.0 Å². The fraction of sp³-hybridized carbons (Fsp3) is 0.471. The number of nitrogens with zero attached hydrogens (tertiary/aromatic N) is 1. The van der Waals surface area contributed by atoms with Gasteiger partial charge >= 0.3 is 0 Å². The van der Waals surface area contributed by atoms with Crippen LogP contribution in [0.25, 0.3) is 10.9 Å². The number of rotatable bonds is 4. The number of hydrogen-bond donors (Lipinski definition) is 2. The number of carbonyl (C=O) groups is 1. The molecule has 4 nitrogen and oxygen atoms in total. The van der Waals surface area contributed by atoms with Crippen LogP contribution in [0.2, 0.25) is 0 Å². The first-order valence-corrected chi connectivity index (χ1v) is 7.48. The second-order valence-corrected chi connectivity index (χ2v) is 6.62. The first-order chi connectivity index (χ1) is 9.82. The van der Waals surface area contributed by atoms with Crippen molar-refractivity contribution in [2.75, 3.05) is 5.32 Å². The Labute approximate surface area is 150 Å². The number of halogens is 2. The molecular formula is C17H27Cl2N3O. The Morgan fingerprint density at radius 1 is 1.26 bits per heavy atom. The number of aryl methyl sites for hydroxylation is 1. The Balaban J connectivity index is 0.00000242. The Morgan fingerprint density at radius 3 is 2.48 bits per heavy atom. The van der Waals surface area contributed by atoms with Gasteiger partial charge in [0.05, 0.1) is 6.04 Å². The number of amides is 1. The molecule has 0 spiro atoms. The van der Waals surface area contributed by atoms with Gasteiger partial charge in [-0.05, 0) is 36.1 Å². The van der Waals surface area contributed by atoms with Gasteiger partial charge in [-0.3, -0.25) is 4.79 Å². The van der Waals surface area contributed by atoms with Gasteiger partial charge < -0.3 is 15.6 Å². The standard InChI is InChI=1S/C17H25N3O.2ClH/c1-5-9-20-10-8-12-11-13(6-7-14(12)20)19-16(21)15(18)17(2,3)4;;/h6-8,10-11,15H,5,9,18H2,1-4H3,(H,19,21);2*1H/t15-;;/m1../s1. The van der Waals surface area contributed by atoms with Gasteiger partial charge in [-0.15, -0.1) is 24.8 Å². The van der Waals surface area contributed by atoms with Crippen molar-refractivity contribution in [1.29, 1.82) is 0 Å². The van der Waals surface area contributed by atoms with E-state index in [4.69, 9.17) is 5.73 Å². The average molecular weight is 360 g/mol. The summed E-state index contributed by atoms with van der Waals surface area (Å²) in [6.45, 7) is 9.06. The summed E-state index contributed by atoms with van der Waals surface area (Å²) in [6, 6.07) is 7.52. The second-order valence-electron chi connectivity index (χ2n) is 6.62. The zero-order valence-corrected chi connectivity index (χ0v) is 15.8. The highest BCUT2D eigenvalue weighted by Gasteiger charge is 2.27. The van der Waals surface area contributed by atoms with Crippen LogP contribution in [0.1, 0.15) is 34.1 Å². The van der Waals surface area contributed by atoms with E-state index in [0.29, 0.717) is 0 Å². The zero-order chi connectivity index (χ0) is 15.6. The molecule has 0 radical (unpaired) electrons. The van der Waals surface area contributed by atoms with Gasteiger partial charge in [0.2, 0.25) is 5.91 Å². The van der Waals surface area contributed by atoms with E-state index < -0.39 is 6.04 Å². The maximum absolute atomic E-state index is 12.2. The minimum Gasteiger partial charge on any atom is -0.347 e. The predicted molar refractivity (Wildman–Crippen MR) is 103 cm³/mol. The number of carbonyl (C=O) groups excluding carboxylic acids is 1. The normalized spacial score (nSPS) is 12.2. The first kappa shape index (κ1) is 21.8. The molecule has 6 heteroatoms. The molecule has 3 N–H and O–H groups in total. The molecule has 0 bridgehead atoms. The maximum atomic E-state index is 12.2. The second kappa shape index (κ2) is 8.57. The molecule has 0 aliphatic carbocycles. The molecular weight excluding hydrogens is 333 g/mol. The molecule has 0 aliphatic heterocycles. The summed E-state index contributed by atoms with van der Waals surface area (Å²) in [6.07, 6.45) is 3.18. The zero-order valence-electron chi connectivity index (χ0n) is 14.1. The highest BCUT2D eigenvalue weighted by atomic mass is 35.5. The van der Waals surface area contributed by atoms with Crippen LogP contribution < -0.4 is 11.1 Å². The molecule has 130 valence electrons. The van der Waals surface area contributed by atoms with E-state index in [-0.39, 0.29) is 36.1 Å². The van der Waals surface area contributed by atoms with Gasteiger partial charge in [-0.25, -0.2) is 0 Å². The number of hydrogen-bond acceptors (Lipinski definition) is 2. The quantitative estimate of drug-likeness (QED) is 0.858. The monoisotopic (exact) mass is 359 g/mol. The number of fused-ring (bicyclic) bond motifs is 1. The topological polar surface area (TPSA) is 60.0 Å². The third kappa shape index (κ3) is 5.13. The molecule has 1 amide bonds. The van der Waals surface area contributed by atoms with E-state index in [2.05, 4.69) is 29.1 Å². The van der Waals surface area contributed by atoms with Crippen molar-refractivity contribution >= 4 is 47.3 Å². The van der Waals surface area contributed by atoms with Crippen LogP contribution in [-0.4, -0.2) is 16.5 Å². The molecule has 0 unspecified atom stereocenters. The molecule has 1 aromatic carbocycles. The minimum atomic E-state index is -0.530. The number of nitrogens with one attached hydrogen (secondary N) is 1. The van der Waals surface area contributed by atoms with Crippen molar-refractivity contribution in [1.82, 2.24) is 4.57 Å². The fourth-order valence-electron chi connectivity index (χ4n) is 2.33. The van der Waals surface area contributed by atoms with Gasteiger partial charge in [0, 0.05) is 29.3 Å². The third-order valence-electron chi connectivity index (χ3n) is 3.72. The Hall–Kier alpha value is -1.23. The fourth-order valence-corrected chi connectivity index (χ4v) is 2.33. The van der Waals surface area contributed by atoms with Crippen molar-refractivity contribution in [2.45, 2.75) is 46.7 Å². The lowest BCUT2D eigenvalue weighted by Gasteiger charge is -2.25. The molecule has 0 aliphatic rings. The SMILES string of the molecule is CCCn1ccc2cc(NC(=O)[C@@H](N)C(C)(C)C)ccc21.Cl.Cl. The van der Waals surface area contributed by atoms with Gasteiger partial charge in [-0.1, -0.05) is 27.7 Å². The Morgan fingerprint density at radius 2 is 1.91 bits per heavy atom. The van der Waals surface area contributed by atoms with Crippen LogP contribution in [-0.2, 0) is 11.3 Å². The lowest BCUT2D eigenvalue weighted by molar-refractivity contribution is -0.119. The molecule has 1 heterocycles. The number of benzene rings is 1. The number of aromatic nitrogens is 1. The van der Waals surface area contributed by atoms with Crippen LogP contribution in [0.15, 0.2) is 30.5 Å². The molecule has 2 aromatic rings. The molecule has 0 fully saturated rings. The summed E-state index contributed by atoms with van der Waals surface area (Å²) in [5.41, 5.74) is 7.71. The van der Waals surface area contributed by atoms with E-state index in [1.807, 2.05) is 39.0 Å². The highest BCUT2D eigenvalue weighted by molar-refractivity contribution is 5.97. The molecule has 1 atom stereocenters. The highest BCUT2D eigenvalue weighted by Crippen LogP contribution is 2.23. The first-order valence-electron chi connectivity index (χ1n) is 7.48. The molecule has 0 saturated heterocycles. The van der Waals surface area contributed by atoms with Crippen LogP contribution in [0.5, 0.6) is 0 Å². The summed E-state index contributed by atoms with van der Waals surface area (Å²) in [4.78, 5) is 12.2. The summed E-state index contributed by atoms with van der Waals surface area (Å²) in [5, 5.41) is 4.04. The molecule has 2 rings (SSSR count). The average Bonchev–Trinajstić information content (AvgIpc) is 2.80. The maximum Gasteiger partial charge on any atom is 0.241 e. The Bertz CT molecular complexity index is 647. The van der Waals surface area contributed by atoms with E-state index in [1.54, 1.807) is 0 Å². The van der Waals surface area contributed by atoms with Crippen molar-refractivity contribution < 1.29 is 4.79 Å². The van der Waals surface area contributed by atoms with Crippen LogP contribution >= 0.6 is 24.8 Å². The van der Waals surface area contributed by atoms with Crippen LogP contribution in [0.3, 0.4) is 0 Å². The van der Waals surface area contributed by atoms with Crippen LogP contribution in [0.4, 0.5) is 5.69 Å². The molecule has 0 saturated carbocycles. The van der Waals surface area contributed by atoms with Crippen molar-refractivity contribution in [2.24, 2.45) is 11.1 Å². The van der Waals surface area contributed by atoms with Gasteiger partial charge in [-0.2, -0.15) is 0 Å². The lowest BCUT2D eigenvalue weighted by Crippen LogP contribution is -2.45. The predicted octanol–water partition coefficient (Wildman–Crippen LogP) is 4.21. The third-order valence-corrected chi connectivity index (χ3v) is 3.72. The lowest BCUT2D eigenvalue weighted by atomic mass is 9.87. The molecule has 23 heavy (non-hydrogen) atoms. The van der Waals surface area contributed by atoms with E-state index >= 15 is 0 Å².